The molecule has 1 heterocycles. The lowest BCUT2D eigenvalue weighted by Gasteiger charge is -2.46. The summed E-state index contributed by atoms with van der Waals surface area (Å²) in [6.07, 6.45) is 5.09. The van der Waals surface area contributed by atoms with Gasteiger partial charge in [0.25, 0.3) is 0 Å². The summed E-state index contributed by atoms with van der Waals surface area (Å²) in [6, 6.07) is 0. The van der Waals surface area contributed by atoms with E-state index < -0.39 is 0 Å². The van der Waals surface area contributed by atoms with Crippen LogP contribution in [0.3, 0.4) is 0 Å². The van der Waals surface area contributed by atoms with Gasteiger partial charge in [-0.25, -0.2) is 0 Å². The Hall–Kier alpha value is -0.730. The first-order chi connectivity index (χ1) is 5.78. The molecule has 2 aliphatic rings. The zero-order valence-corrected chi connectivity index (χ0v) is 7.71. The number of guanidine groups is 1. The van der Waals surface area contributed by atoms with Crippen LogP contribution in [-0.4, -0.2) is 29.5 Å². The lowest BCUT2D eigenvalue weighted by Crippen LogP contribution is -2.56. The van der Waals surface area contributed by atoms with Crippen LogP contribution in [0.25, 0.3) is 0 Å². The second-order valence-corrected chi connectivity index (χ2v) is 3.90. The van der Waals surface area contributed by atoms with Crippen molar-refractivity contribution in [3.8, 4) is 0 Å². The molecule has 3 nitrogen and oxygen atoms in total. The van der Waals surface area contributed by atoms with Gasteiger partial charge in [0.1, 0.15) is 0 Å². The van der Waals surface area contributed by atoms with Gasteiger partial charge in [-0.2, -0.15) is 0 Å². The largest absolute Gasteiger partial charge is 0.370 e. The van der Waals surface area contributed by atoms with Crippen LogP contribution in [0.4, 0.5) is 0 Å². The van der Waals surface area contributed by atoms with E-state index >= 15 is 0 Å². The molecule has 0 aromatic rings. The quantitative estimate of drug-likeness (QED) is 0.665. The van der Waals surface area contributed by atoms with Crippen molar-refractivity contribution < 1.29 is 0 Å². The lowest BCUT2D eigenvalue weighted by molar-refractivity contribution is 0.101. The average Bonchev–Trinajstić information content (AvgIpc) is 2.29. The lowest BCUT2D eigenvalue weighted by atomic mass is 9.76. The summed E-state index contributed by atoms with van der Waals surface area (Å²) in [5.41, 5.74) is 6.19. The smallest absolute Gasteiger partial charge is 0.191 e. The van der Waals surface area contributed by atoms with Crippen LogP contribution in [-0.2, 0) is 0 Å². The molecule has 68 valence electrons. The Labute approximate surface area is 73.6 Å². The molecule has 0 amide bonds. The molecule has 1 saturated carbocycles. The molecular weight excluding hydrogens is 150 g/mol. The maximum Gasteiger partial charge on any atom is 0.191 e. The minimum Gasteiger partial charge on any atom is -0.370 e. The Morgan fingerprint density at radius 1 is 1.58 bits per heavy atom. The van der Waals surface area contributed by atoms with E-state index in [0.29, 0.717) is 5.54 Å². The second-order valence-electron chi connectivity index (χ2n) is 3.90. The van der Waals surface area contributed by atoms with Gasteiger partial charge in [-0.3, -0.25) is 4.99 Å². The predicted molar refractivity (Wildman–Crippen MR) is 50.1 cm³/mol. The van der Waals surface area contributed by atoms with E-state index in [-0.39, 0.29) is 0 Å². The summed E-state index contributed by atoms with van der Waals surface area (Å²) in [6.45, 7) is 4.21. The van der Waals surface area contributed by atoms with E-state index in [1.54, 1.807) is 0 Å². The zero-order valence-electron chi connectivity index (χ0n) is 7.71. The van der Waals surface area contributed by atoms with E-state index in [1.807, 2.05) is 0 Å². The predicted octanol–water partition coefficient (Wildman–Crippen LogP) is 0.949. The molecule has 0 saturated heterocycles. The maximum atomic E-state index is 5.83. The average molecular weight is 167 g/mol. The molecule has 0 bridgehead atoms. The van der Waals surface area contributed by atoms with E-state index in [0.717, 1.165) is 25.5 Å². The maximum absolute atomic E-state index is 5.83. The molecule has 1 aliphatic heterocycles. The van der Waals surface area contributed by atoms with Gasteiger partial charge in [0.15, 0.2) is 5.96 Å². The zero-order chi connectivity index (χ0) is 8.60. The minimum atomic E-state index is 0.361. The van der Waals surface area contributed by atoms with E-state index in [4.69, 9.17) is 5.73 Å². The highest BCUT2D eigenvalue weighted by molar-refractivity contribution is 5.81. The Balaban J connectivity index is 2.08. The van der Waals surface area contributed by atoms with Gasteiger partial charge < -0.3 is 10.6 Å². The number of rotatable bonds is 2. The summed E-state index contributed by atoms with van der Waals surface area (Å²) in [5, 5.41) is 0. The molecule has 2 N–H and O–H groups in total. The van der Waals surface area contributed by atoms with Crippen molar-refractivity contribution in [3.63, 3.8) is 0 Å². The molecule has 1 aliphatic carbocycles. The van der Waals surface area contributed by atoms with Crippen LogP contribution in [0.1, 0.15) is 32.6 Å². The van der Waals surface area contributed by atoms with Gasteiger partial charge in [-0.15, -0.1) is 0 Å². The number of hydrogen-bond donors (Lipinski definition) is 1. The van der Waals surface area contributed by atoms with Gasteiger partial charge in [0, 0.05) is 6.54 Å². The van der Waals surface area contributed by atoms with E-state index in [9.17, 15) is 0 Å². The Morgan fingerprint density at radius 2 is 2.33 bits per heavy atom. The third kappa shape index (κ3) is 0.919. The SMILES string of the molecule is CCCN1C(N)=NCC12CCC2. The van der Waals surface area contributed by atoms with Crippen molar-refractivity contribution in [2.45, 2.75) is 38.1 Å². The highest BCUT2D eigenvalue weighted by Gasteiger charge is 2.46. The van der Waals surface area contributed by atoms with Crippen LogP contribution in [0.15, 0.2) is 4.99 Å². The fraction of sp³-hybridized carbons (Fsp3) is 0.889. The molecule has 2 rings (SSSR count). The Kier molecular flexibility index (Phi) is 1.74. The van der Waals surface area contributed by atoms with E-state index in [2.05, 4.69) is 16.8 Å². The van der Waals surface area contributed by atoms with Crippen molar-refractivity contribution in [1.29, 1.82) is 0 Å². The molecule has 1 spiro atoms. The summed E-state index contributed by atoms with van der Waals surface area (Å²) < 4.78 is 0. The molecule has 0 aromatic carbocycles. The second kappa shape index (κ2) is 2.64. The van der Waals surface area contributed by atoms with Crippen molar-refractivity contribution in [2.75, 3.05) is 13.1 Å². The molecular formula is C9H17N3. The molecule has 0 aromatic heterocycles. The third-order valence-corrected chi connectivity index (χ3v) is 3.12. The summed E-state index contributed by atoms with van der Waals surface area (Å²) in [7, 11) is 0. The summed E-state index contributed by atoms with van der Waals surface area (Å²) in [4.78, 5) is 6.65. The molecule has 3 heteroatoms. The van der Waals surface area contributed by atoms with Crippen LogP contribution >= 0.6 is 0 Å². The van der Waals surface area contributed by atoms with Crippen molar-refractivity contribution in [3.05, 3.63) is 0 Å². The van der Waals surface area contributed by atoms with Crippen molar-refractivity contribution in [2.24, 2.45) is 10.7 Å². The molecule has 0 atom stereocenters. The fourth-order valence-electron chi connectivity index (χ4n) is 2.23. The third-order valence-electron chi connectivity index (χ3n) is 3.12. The van der Waals surface area contributed by atoms with Gasteiger partial charge >= 0.3 is 0 Å². The van der Waals surface area contributed by atoms with Crippen LogP contribution in [0, 0.1) is 0 Å². The van der Waals surface area contributed by atoms with Crippen molar-refractivity contribution in [1.82, 2.24) is 4.90 Å². The first kappa shape index (κ1) is 7.90. The molecule has 12 heavy (non-hydrogen) atoms. The van der Waals surface area contributed by atoms with Gasteiger partial charge in [-0.1, -0.05) is 6.92 Å². The van der Waals surface area contributed by atoms with Crippen molar-refractivity contribution >= 4 is 5.96 Å². The molecule has 1 fully saturated rings. The van der Waals surface area contributed by atoms with Gasteiger partial charge in [-0.05, 0) is 25.7 Å². The highest BCUT2D eigenvalue weighted by atomic mass is 15.4. The number of nitrogens with zero attached hydrogens (tertiary/aromatic N) is 2. The first-order valence-electron chi connectivity index (χ1n) is 4.86. The van der Waals surface area contributed by atoms with Crippen LogP contribution < -0.4 is 5.73 Å². The topological polar surface area (TPSA) is 41.6 Å². The summed E-state index contributed by atoms with van der Waals surface area (Å²) in [5.74, 6) is 0.775. The van der Waals surface area contributed by atoms with Crippen LogP contribution in [0.5, 0.6) is 0 Å². The highest BCUT2D eigenvalue weighted by Crippen LogP contribution is 2.40. The Morgan fingerprint density at radius 3 is 2.83 bits per heavy atom. The summed E-state index contributed by atoms with van der Waals surface area (Å²) >= 11 is 0. The number of hydrogen-bond acceptors (Lipinski definition) is 3. The first-order valence-corrected chi connectivity index (χ1v) is 4.86. The van der Waals surface area contributed by atoms with Crippen LogP contribution in [0.2, 0.25) is 0 Å². The van der Waals surface area contributed by atoms with E-state index in [1.165, 1.54) is 19.3 Å². The standard InChI is InChI=1S/C9H17N3/c1-2-6-12-8(10)11-7-9(12)4-3-5-9/h2-7H2,1H3,(H2,10,11). The molecule has 0 radical (unpaired) electrons. The van der Waals surface area contributed by atoms with Gasteiger partial charge in [0.2, 0.25) is 0 Å². The normalized spacial score (nSPS) is 25.8. The minimum absolute atomic E-state index is 0.361. The number of aliphatic imine (C=N–C) groups is 1. The number of nitrogens with two attached hydrogens (primary N) is 1. The Bertz CT molecular complexity index is 206. The van der Waals surface area contributed by atoms with Gasteiger partial charge in [0.05, 0.1) is 12.1 Å². The fourth-order valence-corrected chi connectivity index (χ4v) is 2.23. The monoisotopic (exact) mass is 167 g/mol. The molecule has 0 unspecified atom stereocenters.